The van der Waals surface area contributed by atoms with Gasteiger partial charge in [-0.2, -0.15) is 0 Å². The van der Waals surface area contributed by atoms with Crippen molar-refractivity contribution in [2.75, 3.05) is 18.6 Å². The van der Waals surface area contributed by atoms with E-state index in [0.29, 0.717) is 6.42 Å². The lowest BCUT2D eigenvalue weighted by Crippen LogP contribution is -2.39. The van der Waals surface area contributed by atoms with Gasteiger partial charge in [0, 0.05) is 24.7 Å². The predicted octanol–water partition coefficient (Wildman–Crippen LogP) is 0.602. The Kier molecular flexibility index (Phi) is 6.40. The van der Waals surface area contributed by atoms with Gasteiger partial charge in [0.15, 0.2) is 0 Å². The lowest BCUT2D eigenvalue weighted by molar-refractivity contribution is 0.00468. The van der Waals surface area contributed by atoms with E-state index in [2.05, 4.69) is 5.43 Å². The van der Waals surface area contributed by atoms with Gasteiger partial charge in [-0.1, -0.05) is 0 Å². The van der Waals surface area contributed by atoms with Gasteiger partial charge < -0.3 is 4.74 Å². The summed E-state index contributed by atoms with van der Waals surface area (Å²) in [5.41, 5.74) is 2.76. The summed E-state index contributed by atoms with van der Waals surface area (Å²) in [5, 5.41) is 0. The number of nitrogens with one attached hydrogen (secondary N) is 1. The van der Waals surface area contributed by atoms with Crippen LogP contribution in [0.4, 0.5) is 0 Å². The van der Waals surface area contributed by atoms with Crippen LogP contribution in [0.2, 0.25) is 0 Å². The van der Waals surface area contributed by atoms with Crippen LogP contribution in [0.5, 0.6) is 0 Å². The Hall–Kier alpha value is -0.170. The third kappa shape index (κ3) is 6.98. The Labute approximate surface area is 104 Å². The molecule has 1 heterocycles. The van der Waals surface area contributed by atoms with Crippen LogP contribution in [-0.2, 0) is 14.6 Å². The number of hydrazine groups is 1. The van der Waals surface area contributed by atoms with Crippen molar-refractivity contribution < 1.29 is 13.2 Å². The van der Waals surface area contributed by atoms with Crippen LogP contribution < -0.4 is 11.3 Å². The number of ether oxygens (including phenoxy) is 1. The molecule has 0 bridgehead atoms. The standard InChI is InChI=1S/C11H24N2O3S/c1-17(14,15)8-4-5-10(13-12)9-11-6-2-3-7-16-11/h10-11,13H,2-9,12H2,1H3. The molecule has 0 radical (unpaired) electrons. The molecule has 17 heavy (non-hydrogen) atoms. The summed E-state index contributed by atoms with van der Waals surface area (Å²) >= 11 is 0. The third-order valence-electron chi connectivity index (χ3n) is 3.12. The highest BCUT2D eigenvalue weighted by atomic mass is 32.2. The topological polar surface area (TPSA) is 81.4 Å². The molecule has 1 rings (SSSR count). The fraction of sp³-hybridized carbons (Fsp3) is 1.00. The molecule has 0 aromatic rings. The highest BCUT2D eigenvalue weighted by Gasteiger charge is 2.19. The van der Waals surface area contributed by atoms with Crippen molar-refractivity contribution in [3.05, 3.63) is 0 Å². The molecule has 1 fully saturated rings. The lowest BCUT2D eigenvalue weighted by atomic mass is 9.99. The molecule has 0 saturated carbocycles. The van der Waals surface area contributed by atoms with Crippen LogP contribution in [0.25, 0.3) is 0 Å². The van der Waals surface area contributed by atoms with Crippen LogP contribution in [0, 0.1) is 0 Å². The van der Waals surface area contributed by atoms with E-state index in [1.165, 1.54) is 12.7 Å². The van der Waals surface area contributed by atoms with Gasteiger partial charge in [0.25, 0.3) is 0 Å². The summed E-state index contributed by atoms with van der Waals surface area (Å²) in [6.45, 7) is 0.839. The van der Waals surface area contributed by atoms with Crippen molar-refractivity contribution in [1.29, 1.82) is 0 Å². The Bertz CT molecular complexity index is 300. The Morgan fingerprint density at radius 2 is 2.24 bits per heavy atom. The molecule has 2 atom stereocenters. The maximum absolute atomic E-state index is 11.0. The molecule has 2 unspecified atom stereocenters. The zero-order valence-corrected chi connectivity index (χ0v) is 11.3. The maximum Gasteiger partial charge on any atom is 0.147 e. The first-order valence-corrected chi connectivity index (χ1v) is 8.33. The third-order valence-corrected chi connectivity index (χ3v) is 4.16. The Morgan fingerprint density at radius 3 is 2.76 bits per heavy atom. The largest absolute Gasteiger partial charge is 0.378 e. The molecule has 5 nitrogen and oxygen atoms in total. The summed E-state index contributed by atoms with van der Waals surface area (Å²) in [5.74, 6) is 5.72. The monoisotopic (exact) mass is 264 g/mol. The van der Waals surface area contributed by atoms with E-state index in [4.69, 9.17) is 10.6 Å². The van der Waals surface area contributed by atoms with E-state index in [1.54, 1.807) is 0 Å². The SMILES string of the molecule is CS(=O)(=O)CCCC(CC1CCCCO1)NN. The van der Waals surface area contributed by atoms with Crippen LogP contribution >= 0.6 is 0 Å². The second kappa shape index (κ2) is 7.31. The van der Waals surface area contributed by atoms with E-state index in [9.17, 15) is 8.42 Å². The molecule has 0 spiro atoms. The molecule has 6 heteroatoms. The van der Waals surface area contributed by atoms with Gasteiger partial charge in [-0.15, -0.1) is 0 Å². The second-order valence-electron chi connectivity index (χ2n) is 4.86. The fourth-order valence-corrected chi connectivity index (χ4v) is 2.86. The van der Waals surface area contributed by atoms with Crippen molar-refractivity contribution >= 4 is 9.84 Å². The lowest BCUT2D eigenvalue weighted by Gasteiger charge is -2.26. The van der Waals surface area contributed by atoms with Gasteiger partial charge >= 0.3 is 0 Å². The summed E-state index contributed by atoms with van der Waals surface area (Å²) in [7, 11) is -2.86. The van der Waals surface area contributed by atoms with Gasteiger partial charge in [-0.05, 0) is 38.5 Å². The number of hydrogen-bond acceptors (Lipinski definition) is 5. The van der Waals surface area contributed by atoms with E-state index in [0.717, 1.165) is 32.3 Å². The molecule has 3 N–H and O–H groups in total. The Balaban J connectivity index is 2.23. The highest BCUT2D eigenvalue weighted by Crippen LogP contribution is 2.18. The quantitative estimate of drug-likeness (QED) is 0.520. The normalized spacial score (nSPS) is 23.5. The summed E-state index contributed by atoms with van der Waals surface area (Å²) in [6.07, 6.45) is 7.30. The number of sulfone groups is 1. The van der Waals surface area contributed by atoms with E-state index in [1.807, 2.05) is 0 Å². The molecule has 1 saturated heterocycles. The first kappa shape index (κ1) is 14.9. The van der Waals surface area contributed by atoms with Crippen molar-refractivity contribution in [3.8, 4) is 0 Å². The van der Waals surface area contributed by atoms with Gasteiger partial charge in [-0.3, -0.25) is 11.3 Å². The second-order valence-corrected chi connectivity index (χ2v) is 7.12. The Morgan fingerprint density at radius 1 is 1.47 bits per heavy atom. The predicted molar refractivity (Wildman–Crippen MR) is 68.3 cm³/mol. The van der Waals surface area contributed by atoms with Gasteiger partial charge in [0.1, 0.15) is 9.84 Å². The maximum atomic E-state index is 11.0. The molecule has 0 aromatic heterocycles. The summed E-state index contributed by atoms with van der Waals surface area (Å²) < 4.78 is 27.7. The van der Waals surface area contributed by atoms with E-state index < -0.39 is 9.84 Å². The molecule has 0 amide bonds. The molecular formula is C11H24N2O3S. The van der Waals surface area contributed by atoms with Crippen LogP contribution in [0.3, 0.4) is 0 Å². The number of hydrogen-bond donors (Lipinski definition) is 2. The first-order valence-electron chi connectivity index (χ1n) is 6.26. The van der Waals surface area contributed by atoms with Gasteiger partial charge in [0.2, 0.25) is 0 Å². The van der Waals surface area contributed by atoms with E-state index in [-0.39, 0.29) is 17.9 Å². The molecule has 0 aliphatic carbocycles. The van der Waals surface area contributed by atoms with Crippen molar-refractivity contribution in [2.45, 2.75) is 50.7 Å². The van der Waals surface area contributed by atoms with Crippen LogP contribution in [-0.4, -0.2) is 39.2 Å². The highest BCUT2D eigenvalue weighted by molar-refractivity contribution is 7.90. The average molecular weight is 264 g/mol. The number of nitrogens with two attached hydrogens (primary N) is 1. The smallest absolute Gasteiger partial charge is 0.147 e. The van der Waals surface area contributed by atoms with Crippen molar-refractivity contribution in [3.63, 3.8) is 0 Å². The van der Waals surface area contributed by atoms with Crippen molar-refractivity contribution in [1.82, 2.24) is 5.43 Å². The van der Waals surface area contributed by atoms with Gasteiger partial charge in [-0.25, -0.2) is 8.42 Å². The van der Waals surface area contributed by atoms with Gasteiger partial charge in [0.05, 0.1) is 6.10 Å². The first-order chi connectivity index (χ1) is 8.01. The molecule has 102 valence electrons. The number of rotatable bonds is 7. The zero-order chi connectivity index (χ0) is 12.7. The molecular weight excluding hydrogens is 240 g/mol. The summed E-state index contributed by atoms with van der Waals surface area (Å²) in [4.78, 5) is 0. The molecule has 1 aliphatic rings. The molecule has 1 aliphatic heterocycles. The minimum absolute atomic E-state index is 0.153. The zero-order valence-electron chi connectivity index (χ0n) is 10.5. The fourth-order valence-electron chi connectivity index (χ4n) is 2.17. The van der Waals surface area contributed by atoms with Crippen LogP contribution in [0.1, 0.15) is 38.5 Å². The molecule has 0 aromatic carbocycles. The van der Waals surface area contributed by atoms with Crippen LogP contribution in [0.15, 0.2) is 0 Å². The minimum Gasteiger partial charge on any atom is -0.378 e. The van der Waals surface area contributed by atoms with Crippen molar-refractivity contribution in [2.24, 2.45) is 5.84 Å². The summed E-state index contributed by atoms with van der Waals surface area (Å²) in [6, 6.07) is 0.153. The minimum atomic E-state index is -2.86. The van der Waals surface area contributed by atoms with E-state index >= 15 is 0 Å². The average Bonchev–Trinajstić information content (AvgIpc) is 2.27.